The number of hydrogen-bond donors (Lipinski definition) is 1. The Bertz CT molecular complexity index is 440. The molecule has 0 bridgehead atoms. The molecule has 1 N–H and O–H groups in total. The first kappa shape index (κ1) is 10.8. The van der Waals surface area contributed by atoms with Crippen LogP contribution in [0.2, 0.25) is 0 Å². The van der Waals surface area contributed by atoms with Crippen LogP contribution >= 0.6 is 27.3 Å². The summed E-state index contributed by atoms with van der Waals surface area (Å²) in [5.41, 5.74) is 0.960. The lowest BCUT2D eigenvalue weighted by Crippen LogP contribution is -2.11. The minimum Gasteiger partial charge on any atom is -0.419 e. The number of rotatable bonds is 4. The highest BCUT2D eigenvalue weighted by atomic mass is 79.9. The molecule has 2 aromatic rings. The third kappa shape index (κ3) is 2.64. The molecule has 0 fully saturated rings. The number of aromatic nitrogens is 2. The van der Waals surface area contributed by atoms with Crippen LogP contribution in [0.5, 0.6) is 0 Å². The number of hydrogen-bond acceptors (Lipinski definition) is 5. The summed E-state index contributed by atoms with van der Waals surface area (Å²) in [6.07, 6.45) is 0. The molecule has 0 saturated carbocycles. The van der Waals surface area contributed by atoms with E-state index in [2.05, 4.69) is 31.4 Å². The second-order valence-electron chi connectivity index (χ2n) is 2.92. The van der Waals surface area contributed by atoms with Crippen molar-refractivity contribution in [1.29, 1.82) is 0 Å². The summed E-state index contributed by atoms with van der Waals surface area (Å²) in [5, 5.41) is 13.0. The van der Waals surface area contributed by atoms with Gasteiger partial charge in [-0.3, -0.25) is 0 Å². The Hall–Kier alpha value is -0.720. The van der Waals surface area contributed by atoms with E-state index in [4.69, 9.17) is 4.42 Å². The molecule has 0 unspecified atom stereocenters. The summed E-state index contributed by atoms with van der Waals surface area (Å²) >= 11 is 4.99. The van der Waals surface area contributed by atoms with E-state index in [9.17, 15) is 0 Å². The first-order valence-electron chi connectivity index (χ1n) is 4.57. The second-order valence-corrected chi connectivity index (χ2v) is 5.21. The van der Waals surface area contributed by atoms with Crippen LogP contribution in [0.1, 0.15) is 12.8 Å². The summed E-state index contributed by atoms with van der Waals surface area (Å²) in [5.74, 6) is 1.19. The smallest absolute Gasteiger partial charge is 0.248 e. The molecule has 0 aliphatic rings. The van der Waals surface area contributed by atoms with Crippen molar-refractivity contribution in [1.82, 2.24) is 15.5 Å². The van der Waals surface area contributed by atoms with Gasteiger partial charge in [0.25, 0.3) is 0 Å². The molecule has 0 aliphatic heterocycles. The van der Waals surface area contributed by atoms with Crippen LogP contribution in [0.3, 0.4) is 0 Å². The van der Waals surface area contributed by atoms with Crippen molar-refractivity contribution in [2.75, 3.05) is 6.54 Å². The predicted molar refractivity (Wildman–Crippen MR) is 62.7 cm³/mol. The zero-order valence-electron chi connectivity index (χ0n) is 8.16. The largest absolute Gasteiger partial charge is 0.419 e. The highest BCUT2D eigenvalue weighted by Crippen LogP contribution is 2.27. The SMILES string of the molecule is CCNCc1nnc(-c2csc(Br)c2)o1. The van der Waals surface area contributed by atoms with Gasteiger partial charge in [-0.2, -0.15) is 0 Å². The molecule has 0 atom stereocenters. The van der Waals surface area contributed by atoms with Crippen molar-refractivity contribution in [2.24, 2.45) is 0 Å². The van der Waals surface area contributed by atoms with Gasteiger partial charge in [0.05, 0.1) is 15.9 Å². The topological polar surface area (TPSA) is 51.0 Å². The van der Waals surface area contributed by atoms with E-state index in [1.807, 2.05) is 18.4 Å². The van der Waals surface area contributed by atoms with E-state index in [1.165, 1.54) is 0 Å². The maximum absolute atomic E-state index is 5.49. The molecule has 2 rings (SSSR count). The highest BCUT2D eigenvalue weighted by Gasteiger charge is 2.09. The Balaban J connectivity index is 2.13. The van der Waals surface area contributed by atoms with Gasteiger partial charge in [0.15, 0.2) is 0 Å². The summed E-state index contributed by atoms with van der Waals surface area (Å²) in [6, 6.07) is 1.97. The Labute approximate surface area is 99.8 Å². The molecule has 0 radical (unpaired) electrons. The fraction of sp³-hybridized carbons (Fsp3) is 0.333. The van der Waals surface area contributed by atoms with E-state index in [0.29, 0.717) is 18.3 Å². The average molecular weight is 288 g/mol. The third-order valence-corrected chi connectivity index (χ3v) is 3.31. The van der Waals surface area contributed by atoms with E-state index >= 15 is 0 Å². The number of thiophene rings is 1. The van der Waals surface area contributed by atoms with Gasteiger partial charge in [0.1, 0.15) is 0 Å². The van der Waals surface area contributed by atoms with Crippen molar-refractivity contribution in [3.63, 3.8) is 0 Å². The van der Waals surface area contributed by atoms with Gasteiger partial charge in [0.2, 0.25) is 11.8 Å². The first-order chi connectivity index (χ1) is 7.29. The molecule has 4 nitrogen and oxygen atoms in total. The monoisotopic (exact) mass is 287 g/mol. The van der Waals surface area contributed by atoms with Crippen LogP contribution in [0.25, 0.3) is 11.5 Å². The molecule has 80 valence electrons. The second kappa shape index (κ2) is 4.87. The molecule has 0 saturated heterocycles. The molecule has 0 aliphatic carbocycles. The van der Waals surface area contributed by atoms with Gasteiger partial charge < -0.3 is 9.73 Å². The van der Waals surface area contributed by atoms with Crippen molar-refractivity contribution in [2.45, 2.75) is 13.5 Å². The molecular weight excluding hydrogens is 278 g/mol. The number of halogens is 1. The van der Waals surface area contributed by atoms with Gasteiger partial charge in [-0.15, -0.1) is 21.5 Å². The molecule has 2 heterocycles. The van der Waals surface area contributed by atoms with Crippen LogP contribution < -0.4 is 5.32 Å². The molecule has 0 amide bonds. The van der Waals surface area contributed by atoms with Gasteiger partial charge >= 0.3 is 0 Å². The number of nitrogens with zero attached hydrogens (tertiary/aromatic N) is 2. The maximum atomic E-state index is 5.49. The summed E-state index contributed by atoms with van der Waals surface area (Å²) in [7, 11) is 0. The maximum Gasteiger partial charge on any atom is 0.248 e. The minimum absolute atomic E-state index is 0.574. The molecule has 2 aromatic heterocycles. The standard InChI is InChI=1S/C9H10BrN3OS/c1-2-11-4-8-12-13-9(14-8)6-3-7(10)15-5-6/h3,5,11H,2,4H2,1H3. The van der Waals surface area contributed by atoms with Crippen molar-refractivity contribution >= 4 is 27.3 Å². The zero-order valence-corrected chi connectivity index (χ0v) is 10.6. The summed E-state index contributed by atoms with van der Waals surface area (Å²) in [4.78, 5) is 0. The summed E-state index contributed by atoms with van der Waals surface area (Å²) < 4.78 is 6.55. The molecular formula is C9H10BrN3OS. The lowest BCUT2D eigenvalue weighted by Gasteiger charge is -1.93. The Morgan fingerprint density at radius 3 is 3.07 bits per heavy atom. The Kier molecular flexibility index (Phi) is 3.50. The van der Waals surface area contributed by atoms with Gasteiger partial charge in [-0.25, -0.2) is 0 Å². The predicted octanol–water partition coefficient (Wildman–Crippen LogP) is 2.67. The minimum atomic E-state index is 0.574. The van der Waals surface area contributed by atoms with Crippen molar-refractivity contribution < 1.29 is 4.42 Å². The fourth-order valence-electron chi connectivity index (χ4n) is 1.10. The van der Waals surface area contributed by atoms with Crippen LogP contribution in [-0.2, 0) is 6.54 Å². The van der Waals surface area contributed by atoms with E-state index in [1.54, 1.807) is 11.3 Å². The van der Waals surface area contributed by atoms with Crippen LogP contribution in [0.4, 0.5) is 0 Å². The van der Waals surface area contributed by atoms with Crippen LogP contribution in [0.15, 0.2) is 19.6 Å². The van der Waals surface area contributed by atoms with E-state index < -0.39 is 0 Å². The number of nitrogens with one attached hydrogen (secondary N) is 1. The van der Waals surface area contributed by atoms with Gasteiger partial charge in [-0.1, -0.05) is 6.92 Å². The quantitative estimate of drug-likeness (QED) is 0.939. The lowest BCUT2D eigenvalue weighted by atomic mass is 10.3. The molecule has 15 heavy (non-hydrogen) atoms. The first-order valence-corrected chi connectivity index (χ1v) is 6.24. The molecule has 0 aromatic carbocycles. The third-order valence-electron chi connectivity index (χ3n) is 1.81. The molecule has 6 heteroatoms. The lowest BCUT2D eigenvalue weighted by molar-refractivity contribution is 0.482. The van der Waals surface area contributed by atoms with Crippen LogP contribution in [-0.4, -0.2) is 16.7 Å². The zero-order chi connectivity index (χ0) is 10.7. The van der Waals surface area contributed by atoms with E-state index in [-0.39, 0.29) is 0 Å². The van der Waals surface area contributed by atoms with Gasteiger partial charge in [-0.05, 0) is 28.5 Å². The van der Waals surface area contributed by atoms with E-state index in [0.717, 1.165) is 15.9 Å². The molecule has 0 spiro atoms. The van der Waals surface area contributed by atoms with Crippen molar-refractivity contribution in [3.8, 4) is 11.5 Å². The average Bonchev–Trinajstić information content (AvgIpc) is 2.83. The Morgan fingerprint density at radius 1 is 1.53 bits per heavy atom. The summed E-state index contributed by atoms with van der Waals surface area (Å²) in [6.45, 7) is 3.55. The van der Waals surface area contributed by atoms with Crippen molar-refractivity contribution in [3.05, 3.63) is 21.1 Å². The van der Waals surface area contributed by atoms with Gasteiger partial charge in [0, 0.05) is 5.38 Å². The highest BCUT2D eigenvalue weighted by molar-refractivity contribution is 9.11. The van der Waals surface area contributed by atoms with Crippen LogP contribution in [0, 0.1) is 0 Å². The normalized spacial score (nSPS) is 10.8. The Morgan fingerprint density at radius 2 is 2.40 bits per heavy atom. The fourth-order valence-corrected chi connectivity index (χ4v) is 2.23.